The Balaban J connectivity index is 1.93. The van der Waals surface area contributed by atoms with Gasteiger partial charge in [-0.3, -0.25) is 4.79 Å². The second-order valence-electron chi connectivity index (χ2n) is 3.45. The molecule has 0 aromatic carbocycles. The molecule has 2 heterocycles. The van der Waals surface area contributed by atoms with Gasteiger partial charge < -0.3 is 10.2 Å². The molecule has 1 saturated heterocycles. The van der Waals surface area contributed by atoms with Gasteiger partial charge in [0, 0.05) is 25.5 Å². The number of aromatic nitrogens is 2. The van der Waals surface area contributed by atoms with Crippen molar-refractivity contribution in [1.29, 1.82) is 0 Å². The second kappa shape index (κ2) is 3.61. The van der Waals surface area contributed by atoms with Crippen LogP contribution in [0.2, 0.25) is 0 Å². The molecule has 0 atom stereocenters. The number of nitrogens with one attached hydrogen (secondary N) is 1. The monoisotopic (exact) mass is 192 g/mol. The van der Waals surface area contributed by atoms with Gasteiger partial charge in [-0.25, -0.2) is 9.97 Å². The molecule has 74 valence electrons. The number of aryl methyl sites for hydroxylation is 1. The van der Waals surface area contributed by atoms with Crippen LogP contribution in [-0.4, -0.2) is 35.5 Å². The maximum atomic E-state index is 10.1. The number of rotatable bonds is 3. The number of hydrogen-bond donors (Lipinski definition) is 1. The molecule has 0 bridgehead atoms. The summed E-state index contributed by atoms with van der Waals surface area (Å²) in [6, 6.07) is 0.248. The lowest BCUT2D eigenvalue weighted by Crippen LogP contribution is -2.58. The first-order chi connectivity index (χ1) is 6.79. The van der Waals surface area contributed by atoms with Crippen LogP contribution in [0.1, 0.15) is 5.56 Å². The van der Waals surface area contributed by atoms with Crippen molar-refractivity contribution in [3.05, 3.63) is 18.0 Å². The van der Waals surface area contributed by atoms with Gasteiger partial charge in [0.05, 0.1) is 6.04 Å². The molecule has 5 heteroatoms. The third kappa shape index (κ3) is 1.66. The number of amides is 1. The highest BCUT2D eigenvalue weighted by atomic mass is 16.1. The standard InChI is InChI=1S/C9H12N4O/c1-7-2-10-9(11-3-7)13-4-8(5-13)12-6-14/h2-3,6,8H,4-5H2,1H3,(H,12,14). The van der Waals surface area contributed by atoms with Crippen LogP contribution in [0, 0.1) is 6.92 Å². The molecule has 1 fully saturated rings. The molecule has 1 aliphatic rings. The van der Waals surface area contributed by atoms with Crippen LogP contribution in [0.5, 0.6) is 0 Å². The Kier molecular flexibility index (Phi) is 2.30. The smallest absolute Gasteiger partial charge is 0.225 e. The van der Waals surface area contributed by atoms with E-state index in [1.807, 2.05) is 11.8 Å². The normalized spacial score (nSPS) is 16.2. The lowest BCUT2D eigenvalue weighted by atomic mass is 10.1. The summed E-state index contributed by atoms with van der Waals surface area (Å²) in [4.78, 5) is 20.6. The van der Waals surface area contributed by atoms with Crippen LogP contribution in [0.15, 0.2) is 12.4 Å². The number of carbonyl (C=O) groups excluding carboxylic acids is 1. The van der Waals surface area contributed by atoms with E-state index in [1.54, 1.807) is 12.4 Å². The molecule has 1 aliphatic heterocycles. The zero-order valence-electron chi connectivity index (χ0n) is 7.97. The SMILES string of the molecule is Cc1cnc(N2CC(NC=O)C2)nc1. The Morgan fingerprint density at radius 1 is 1.50 bits per heavy atom. The zero-order chi connectivity index (χ0) is 9.97. The molecule has 1 amide bonds. The molecule has 1 aromatic heterocycles. The quantitative estimate of drug-likeness (QED) is 0.669. The minimum absolute atomic E-state index is 0.248. The van der Waals surface area contributed by atoms with Crippen molar-refractivity contribution >= 4 is 12.4 Å². The van der Waals surface area contributed by atoms with Crippen molar-refractivity contribution in [3.8, 4) is 0 Å². The van der Waals surface area contributed by atoms with Crippen LogP contribution in [0.4, 0.5) is 5.95 Å². The van der Waals surface area contributed by atoms with Crippen molar-refractivity contribution in [2.24, 2.45) is 0 Å². The summed E-state index contributed by atoms with van der Waals surface area (Å²) < 4.78 is 0. The van der Waals surface area contributed by atoms with Crippen molar-refractivity contribution < 1.29 is 4.79 Å². The molecule has 2 rings (SSSR count). The first-order valence-corrected chi connectivity index (χ1v) is 4.53. The molecule has 14 heavy (non-hydrogen) atoms. The number of nitrogens with zero attached hydrogens (tertiary/aromatic N) is 3. The fourth-order valence-corrected chi connectivity index (χ4v) is 1.39. The molecule has 0 saturated carbocycles. The molecular formula is C9H12N4O. The van der Waals surface area contributed by atoms with Gasteiger partial charge in [-0.2, -0.15) is 0 Å². The van der Waals surface area contributed by atoms with Gasteiger partial charge in [-0.1, -0.05) is 0 Å². The summed E-state index contributed by atoms with van der Waals surface area (Å²) in [5.74, 6) is 0.736. The summed E-state index contributed by atoms with van der Waals surface area (Å²) in [6.45, 7) is 3.54. The van der Waals surface area contributed by atoms with E-state index in [1.165, 1.54) is 0 Å². The van der Waals surface area contributed by atoms with Crippen molar-refractivity contribution in [2.75, 3.05) is 18.0 Å². The van der Waals surface area contributed by atoms with Gasteiger partial charge in [-0.15, -0.1) is 0 Å². The van der Waals surface area contributed by atoms with E-state index in [9.17, 15) is 4.79 Å². The topological polar surface area (TPSA) is 58.1 Å². The van der Waals surface area contributed by atoms with Crippen LogP contribution in [-0.2, 0) is 4.79 Å². The summed E-state index contributed by atoms with van der Waals surface area (Å²) in [7, 11) is 0. The fraction of sp³-hybridized carbons (Fsp3) is 0.444. The molecule has 0 aliphatic carbocycles. The average Bonchev–Trinajstić information content (AvgIpc) is 2.13. The third-order valence-corrected chi connectivity index (χ3v) is 2.24. The van der Waals surface area contributed by atoms with Crippen LogP contribution < -0.4 is 10.2 Å². The molecule has 1 aromatic rings. The molecule has 0 spiro atoms. The Morgan fingerprint density at radius 2 is 2.14 bits per heavy atom. The molecular weight excluding hydrogens is 180 g/mol. The van der Waals surface area contributed by atoms with Gasteiger partial charge in [0.2, 0.25) is 12.4 Å². The van der Waals surface area contributed by atoms with E-state index in [-0.39, 0.29) is 6.04 Å². The minimum Gasteiger partial charge on any atom is -0.352 e. The number of hydrogen-bond acceptors (Lipinski definition) is 4. The maximum absolute atomic E-state index is 10.1. The Bertz CT molecular complexity index is 318. The lowest BCUT2D eigenvalue weighted by Gasteiger charge is -2.38. The summed E-state index contributed by atoms with van der Waals surface area (Å²) in [5, 5.41) is 2.72. The highest BCUT2D eigenvalue weighted by molar-refractivity contribution is 5.49. The highest BCUT2D eigenvalue weighted by Gasteiger charge is 2.27. The molecule has 1 N–H and O–H groups in total. The highest BCUT2D eigenvalue weighted by Crippen LogP contribution is 2.14. The van der Waals surface area contributed by atoms with E-state index in [2.05, 4.69) is 15.3 Å². The van der Waals surface area contributed by atoms with Crippen molar-refractivity contribution in [3.63, 3.8) is 0 Å². The van der Waals surface area contributed by atoms with Crippen LogP contribution in [0.25, 0.3) is 0 Å². The van der Waals surface area contributed by atoms with E-state index < -0.39 is 0 Å². The Labute approximate surface area is 82.2 Å². The molecule has 5 nitrogen and oxygen atoms in total. The predicted molar refractivity (Wildman–Crippen MR) is 52.0 cm³/mol. The van der Waals surface area contributed by atoms with E-state index in [0.29, 0.717) is 0 Å². The average molecular weight is 192 g/mol. The minimum atomic E-state index is 0.248. The molecule has 0 unspecified atom stereocenters. The number of anilines is 1. The second-order valence-corrected chi connectivity index (χ2v) is 3.45. The predicted octanol–water partition coefficient (Wildman–Crippen LogP) is -0.280. The van der Waals surface area contributed by atoms with Gasteiger partial charge in [-0.05, 0) is 12.5 Å². The Morgan fingerprint density at radius 3 is 2.71 bits per heavy atom. The first kappa shape index (κ1) is 8.93. The Hall–Kier alpha value is -1.65. The zero-order valence-corrected chi connectivity index (χ0v) is 7.97. The van der Waals surface area contributed by atoms with Gasteiger partial charge in [0.1, 0.15) is 0 Å². The fourth-order valence-electron chi connectivity index (χ4n) is 1.39. The van der Waals surface area contributed by atoms with Crippen LogP contribution >= 0.6 is 0 Å². The first-order valence-electron chi connectivity index (χ1n) is 4.53. The van der Waals surface area contributed by atoms with Crippen molar-refractivity contribution in [2.45, 2.75) is 13.0 Å². The summed E-state index contributed by atoms with van der Waals surface area (Å²) in [5.41, 5.74) is 1.05. The lowest BCUT2D eigenvalue weighted by molar-refractivity contribution is -0.110. The van der Waals surface area contributed by atoms with Crippen LogP contribution in [0.3, 0.4) is 0 Å². The largest absolute Gasteiger partial charge is 0.352 e. The van der Waals surface area contributed by atoms with E-state index in [4.69, 9.17) is 0 Å². The number of carbonyl (C=O) groups is 1. The van der Waals surface area contributed by atoms with Gasteiger partial charge in [0.25, 0.3) is 0 Å². The maximum Gasteiger partial charge on any atom is 0.225 e. The van der Waals surface area contributed by atoms with E-state index >= 15 is 0 Å². The summed E-state index contributed by atoms with van der Waals surface area (Å²) in [6.07, 6.45) is 4.32. The van der Waals surface area contributed by atoms with Gasteiger partial charge in [0.15, 0.2) is 0 Å². The van der Waals surface area contributed by atoms with E-state index in [0.717, 1.165) is 31.0 Å². The summed E-state index contributed by atoms with van der Waals surface area (Å²) >= 11 is 0. The molecule has 0 radical (unpaired) electrons. The third-order valence-electron chi connectivity index (χ3n) is 2.24. The van der Waals surface area contributed by atoms with Gasteiger partial charge >= 0.3 is 0 Å². The van der Waals surface area contributed by atoms with Crippen molar-refractivity contribution in [1.82, 2.24) is 15.3 Å².